The van der Waals surface area contributed by atoms with Gasteiger partial charge in [-0.3, -0.25) is 4.79 Å². The van der Waals surface area contributed by atoms with E-state index in [1.54, 1.807) is 11.0 Å². The Labute approximate surface area is 133 Å². The van der Waals surface area contributed by atoms with Gasteiger partial charge in [0.2, 0.25) is 0 Å². The molecule has 0 unspecified atom stereocenters. The van der Waals surface area contributed by atoms with Crippen molar-refractivity contribution < 1.29 is 19.4 Å². The molecule has 5 nitrogen and oxygen atoms in total. The van der Waals surface area contributed by atoms with Gasteiger partial charge in [-0.15, -0.1) is 6.58 Å². The van der Waals surface area contributed by atoms with Crippen LogP contribution < -0.4 is 0 Å². The summed E-state index contributed by atoms with van der Waals surface area (Å²) < 4.78 is 5.35. The van der Waals surface area contributed by atoms with Crippen molar-refractivity contribution in [2.45, 2.75) is 59.5 Å². The summed E-state index contributed by atoms with van der Waals surface area (Å²) in [5.74, 6) is -0.786. The molecule has 22 heavy (non-hydrogen) atoms. The summed E-state index contributed by atoms with van der Waals surface area (Å²) in [4.78, 5) is 25.5. The molecule has 0 spiro atoms. The number of ether oxygens (including phenoxy) is 1. The Kier molecular flexibility index (Phi) is 5.31. The molecule has 1 aliphatic heterocycles. The summed E-state index contributed by atoms with van der Waals surface area (Å²) in [6, 6.07) is 0. The fraction of sp³-hybridized carbons (Fsp3) is 0.765. The number of amides is 1. The van der Waals surface area contributed by atoms with E-state index in [9.17, 15) is 14.7 Å². The van der Waals surface area contributed by atoms with Crippen molar-refractivity contribution in [1.29, 1.82) is 0 Å². The number of carbonyl (C=O) groups is 2. The fourth-order valence-corrected chi connectivity index (χ4v) is 2.85. The van der Waals surface area contributed by atoms with Crippen LogP contribution in [0.3, 0.4) is 0 Å². The zero-order valence-corrected chi connectivity index (χ0v) is 14.4. The van der Waals surface area contributed by atoms with Crippen LogP contribution in [0.2, 0.25) is 0 Å². The van der Waals surface area contributed by atoms with Crippen molar-refractivity contribution in [3.63, 3.8) is 0 Å². The molecular weight excluding hydrogens is 282 g/mol. The average Bonchev–Trinajstić information content (AvgIpc) is 2.36. The smallest absolute Gasteiger partial charge is 0.410 e. The van der Waals surface area contributed by atoms with E-state index >= 15 is 0 Å². The molecular formula is C17H29NO4. The highest BCUT2D eigenvalue weighted by atomic mass is 16.6. The van der Waals surface area contributed by atoms with Gasteiger partial charge in [0.25, 0.3) is 0 Å². The number of hydrogen-bond donors (Lipinski definition) is 1. The number of hydrogen-bond acceptors (Lipinski definition) is 3. The molecule has 0 aromatic heterocycles. The summed E-state index contributed by atoms with van der Waals surface area (Å²) in [6.45, 7) is 14.1. The predicted molar refractivity (Wildman–Crippen MR) is 85.7 cm³/mol. The molecule has 1 rings (SSSR count). The molecule has 0 aromatic rings. The molecule has 1 saturated heterocycles. The Hall–Kier alpha value is -1.52. The number of carbonyl (C=O) groups excluding carboxylic acids is 1. The van der Waals surface area contributed by atoms with Gasteiger partial charge in [-0.05, 0) is 45.4 Å². The highest BCUT2D eigenvalue weighted by Crippen LogP contribution is 2.43. The SMILES string of the molecule is C=CC(C)(C)CC1(C(=O)O)CCN(C(=O)OC(C)(C)C)CC1. The molecule has 0 bridgehead atoms. The van der Waals surface area contributed by atoms with Crippen molar-refractivity contribution in [3.05, 3.63) is 12.7 Å². The monoisotopic (exact) mass is 311 g/mol. The number of aliphatic carboxylic acids is 1. The van der Waals surface area contributed by atoms with Crippen LogP contribution in [0.1, 0.15) is 53.9 Å². The van der Waals surface area contributed by atoms with E-state index in [0.717, 1.165) is 0 Å². The van der Waals surface area contributed by atoms with Gasteiger partial charge in [-0.25, -0.2) is 4.79 Å². The Morgan fingerprint density at radius 1 is 1.23 bits per heavy atom. The van der Waals surface area contributed by atoms with E-state index in [1.165, 1.54) is 0 Å². The molecule has 1 heterocycles. The van der Waals surface area contributed by atoms with E-state index < -0.39 is 17.0 Å². The summed E-state index contributed by atoms with van der Waals surface area (Å²) in [5.41, 5.74) is -1.58. The van der Waals surface area contributed by atoms with Gasteiger partial charge in [0, 0.05) is 13.1 Å². The van der Waals surface area contributed by atoms with Crippen LogP contribution in [-0.2, 0) is 9.53 Å². The van der Waals surface area contributed by atoms with Crippen molar-refractivity contribution in [1.82, 2.24) is 4.90 Å². The second-order valence-corrected chi connectivity index (χ2v) is 7.92. The molecule has 1 N–H and O–H groups in total. The van der Waals surface area contributed by atoms with Crippen LogP contribution in [0, 0.1) is 10.8 Å². The molecule has 126 valence electrons. The lowest BCUT2D eigenvalue weighted by Crippen LogP contribution is -2.49. The number of piperidine rings is 1. The van der Waals surface area contributed by atoms with Gasteiger partial charge >= 0.3 is 12.1 Å². The van der Waals surface area contributed by atoms with Crippen LogP contribution in [0.5, 0.6) is 0 Å². The Morgan fingerprint density at radius 2 is 1.73 bits per heavy atom. The third-order valence-corrected chi connectivity index (χ3v) is 4.17. The van der Waals surface area contributed by atoms with Gasteiger partial charge in [0.05, 0.1) is 5.41 Å². The molecule has 1 amide bonds. The average molecular weight is 311 g/mol. The van der Waals surface area contributed by atoms with Gasteiger partial charge in [0.1, 0.15) is 5.60 Å². The van der Waals surface area contributed by atoms with Gasteiger partial charge in [-0.2, -0.15) is 0 Å². The first-order chi connectivity index (χ1) is 9.91. The summed E-state index contributed by atoms with van der Waals surface area (Å²) >= 11 is 0. The lowest BCUT2D eigenvalue weighted by Gasteiger charge is -2.42. The largest absolute Gasteiger partial charge is 0.481 e. The van der Waals surface area contributed by atoms with E-state index in [2.05, 4.69) is 6.58 Å². The zero-order valence-electron chi connectivity index (χ0n) is 14.4. The maximum atomic E-state index is 12.1. The van der Waals surface area contributed by atoms with Crippen LogP contribution in [0.25, 0.3) is 0 Å². The molecule has 0 saturated carbocycles. The van der Waals surface area contributed by atoms with Crippen LogP contribution in [-0.4, -0.2) is 40.8 Å². The predicted octanol–water partition coefficient (Wildman–Crippen LogP) is 3.69. The minimum absolute atomic E-state index is 0.244. The molecule has 0 aromatic carbocycles. The van der Waals surface area contributed by atoms with E-state index in [1.807, 2.05) is 34.6 Å². The van der Waals surface area contributed by atoms with Crippen LogP contribution >= 0.6 is 0 Å². The standard InChI is InChI=1S/C17H29NO4/c1-7-16(5,6)12-17(13(19)20)8-10-18(11-9-17)14(21)22-15(2,3)4/h7H,1,8-12H2,2-6H3,(H,19,20). The first-order valence-electron chi connectivity index (χ1n) is 7.76. The summed E-state index contributed by atoms with van der Waals surface area (Å²) in [6.07, 6.45) is 2.85. The third-order valence-electron chi connectivity index (χ3n) is 4.17. The molecule has 0 radical (unpaired) electrons. The maximum absolute atomic E-state index is 12.1. The van der Waals surface area contributed by atoms with E-state index in [4.69, 9.17) is 4.74 Å². The minimum Gasteiger partial charge on any atom is -0.481 e. The second-order valence-electron chi connectivity index (χ2n) is 7.92. The number of carboxylic acid groups (broad SMARTS) is 1. The maximum Gasteiger partial charge on any atom is 0.410 e. The fourth-order valence-electron chi connectivity index (χ4n) is 2.85. The quantitative estimate of drug-likeness (QED) is 0.804. The Bertz CT molecular complexity index is 440. The normalized spacial score (nSPS) is 18.7. The molecule has 1 aliphatic rings. The Balaban J connectivity index is 2.76. The van der Waals surface area contributed by atoms with Gasteiger partial charge < -0.3 is 14.7 Å². The number of nitrogens with zero attached hydrogens (tertiary/aromatic N) is 1. The number of rotatable bonds is 4. The molecule has 5 heteroatoms. The van der Waals surface area contributed by atoms with Crippen LogP contribution in [0.15, 0.2) is 12.7 Å². The third kappa shape index (κ3) is 4.75. The zero-order chi connectivity index (χ0) is 17.2. The first-order valence-corrected chi connectivity index (χ1v) is 7.76. The molecule has 0 atom stereocenters. The highest BCUT2D eigenvalue weighted by Gasteiger charge is 2.45. The topological polar surface area (TPSA) is 66.8 Å². The minimum atomic E-state index is -0.795. The lowest BCUT2D eigenvalue weighted by molar-refractivity contribution is -0.154. The summed E-state index contributed by atoms with van der Waals surface area (Å²) in [7, 11) is 0. The van der Waals surface area contributed by atoms with Crippen molar-refractivity contribution in [3.8, 4) is 0 Å². The summed E-state index contributed by atoms with van der Waals surface area (Å²) in [5, 5.41) is 9.69. The van der Waals surface area contributed by atoms with Gasteiger partial charge in [0.15, 0.2) is 0 Å². The van der Waals surface area contributed by atoms with E-state index in [0.29, 0.717) is 32.4 Å². The highest BCUT2D eigenvalue weighted by molar-refractivity contribution is 5.76. The van der Waals surface area contributed by atoms with Crippen LogP contribution in [0.4, 0.5) is 4.79 Å². The van der Waals surface area contributed by atoms with Crippen molar-refractivity contribution in [2.75, 3.05) is 13.1 Å². The number of likely N-dealkylation sites (tertiary alicyclic amines) is 1. The van der Waals surface area contributed by atoms with Gasteiger partial charge in [-0.1, -0.05) is 19.9 Å². The van der Waals surface area contributed by atoms with E-state index in [-0.39, 0.29) is 11.5 Å². The first kappa shape index (κ1) is 18.5. The Morgan fingerprint density at radius 3 is 2.09 bits per heavy atom. The van der Waals surface area contributed by atoms with Crippen molar-refractivity contribution in [2.24, 2.45) is 10.8 Å². The number of carboxylic acids is 1. The molecule has 0 aliphatic carbocycles. The molecule has 1 fully saturated rings. The lowest BCUT2D eigenvalue weighted by atomic mass is 9.68. The van der Waals surface area contributed by atoms with Crippen molar-refractivity contribution >= 4 is 12.1 Å². The number of allylic oxidation sites excluding steroid dienone is 1. The second kappa shape index (κ2) is 6.31.